The number of rotatable bonds is 7. The zero-order valence-corrected chi connectivity index (χ0v) is 18.4. The molecule has 0 radical (unpaired) electrons. The van der Waals surface area contributed by atoms with E-state index in [-0.39, 0.29) is 17.9 Å². The Bertz CT molecular complexity index is 1300. The Labute approximate surface area is 197 Å². The summed E-state index contributed by atoms with van der Waals surface area (Å²) < 4.78 is 68.4. The molecule has 0 unspecified atom stereocenters. The van der Waals surface area contributed by atoms with Gasteiger partial charge >= 0.3 is 0 Å². The number of carbonyl (C=O) groups is 1. The molecule has 1 saturated heterocycles. The van der Waals surface area contributed by atoms with Gasteiger partial charge in [-0.3, -0.25) is 19.1 Å². The van der Waals surface area contributed by atoms with Crippen LogP contribution in [0.5, 0.6) is 5.75 Å². The lowest BCUT2D eigenvalue weighted by atomic mass is 10.0. The fourth-order valence-corrected chi connectivity index (χ4v) is 3.75. The van der Waals surface area contributed by atoms with Crippen LogP contribution in [0.25, 0.3) is 5.69 Å². The molecule has 35 heavy (non-hydrogen) atoms. The molecule has 0 aliphatic carbocycles. The number of nitrogens with zero attached hydrogens (tertiary/aromatic N) is 2. The third kappa shape index (κ3) is 5.20. The van der Waals surface area contributed by atoms with Gasteiger partial charge in [-0.05, 0) is 18.2 Å². The number of halogens is 4. The van der Waals surface area contributed by atoms with Crippen molar-refractivity contribution in [3.8, 4) is 11.4 Å². The molecule has 1 fully saturated rings. The number of nitrogens with two attached hydrogens (primary N) is 1. The lowest BCUT2D eigenvalue weighted by Gasteiger charge is -2.26. The van der Waals surface area contributed by atoms with Gasteiger partial charge < -0.3 is 15.2 Å². The molecule has 1 aliphatic heterocycles. The molecule has 0 bridgehead atoms. The number of hydrogen-bond donors (Lipinski definition) is 1. The number of nitrogen functional groups attached to an aromatic ring is 1. The number of benzene rings is 2. The molecule has 0 saturated carbocycles. The van der Waals surface area contributed by atoms with E-state index in [1.54, 1.807) is 0 Å². The number of ketones is 1. The van der Waals surface area contributed by atoms with Crippen molar-refractivity contribution in [2.45, 2.75) is 0 Å². The Balaban J connectivity index is 1.63. The molecule has 1 aromatic heterocycles. The number of morpholine rings is 1. The van der Waals surface area contributed by atoms with E-state index in [1.807, 2.05) is 0 Å². The van der Waals surface area contributed by atoms with Crippen LogP contribution in [0.4, 0.5) is 23.4 Å². The Hall–Kier alpha value is -3.70. The van der Waals surface area contributed by atoms with E-state index in [1.165, 1.54) is 0 Å². The van der Waals surface area contributed by atoms with Crippen LogP contribution in [0.15, 0.2) is 47.3 Å². The fraction of sp³-hybridized carbons (Fsp3) is 0.250. The quantitative estimate of drug-likeness (QED) is 0.404. The van der Waals surface area contributed by atoms with Crippen molar-refractivity contribution in [2.24, 2.45) is 0 Å². The second kappa shape index (κ2) is 10.3. The monoisotopic (exact) mass is 491 g/mol. The van der Waals surface area contributed by atoms with E-state index < -0.39 is 51.7 Å². The van der Waals surface area contributed by atoms with Crippen LogP contribution in [0.2, 0.25) is 0 Å². The number of ether oxygens (including phenoxy) is 2. The molecule has 4 rings (SSSR count). The molecular weight excluding hydrogens is 470 g/mol. The van der Waals surface area contributed by atoms with Gasteiger partial charge in [0.05, 0.1) is 24.3 Å². The predicted octanol–water partition coefficient (Wildman–Crippen LogP) is 2.92. The Morgan fingerprint density at radius 2 is 1.60 bits per heavy atom. The number of hydrogen-bond acceptors (Lipinski definition) is 6. The topological polar surface area (TPSA) is 86.8 Å². The van der Waals surface area contributed by atoms with Crippen LogP contribution in [0, 0.1) is 23.3 Å². The third-order valence-corrected chi connectivity index (χ3v) is 5.54. The second-order valence-corrected chi connectivity index (χ2v) is 7.80. The number of carbonyl (C=O) groups excluding carboxylic acids is 1. The third-order valence-electron chi connectivity index (χ3n) is 5.54. The molecule has 2 N–H and O–H groups in total. The lowest BCUT2D eigenvalue weighted by molar-refractivity contribution is 0.0322. The first-order chi connectivity index (χ1) is 16.8. The van der Waals surface area contributed by atoms with Gasteiger partial charge in [0.2, 0.25) is 0 Å². The minimum atomic E-state index is -1.15. The predicted molar refractivity (Wildman–Crippen MR) is 119 cm³/mol. The molecule has 184 valence electrons. The smallest absolute Gasteiger partial charge is 0.256 e. The maximum absolute atomic E-state index is 15.0. The van der Waals surface area contributed by atoms with E-state index in [4.69, 9.17) is 15.2 Å². The van der Waals surface area contributed by atoms with Gasteiger partial charge in [-0.15, -0.1) is 0 Å². The van der Waals surface area contributed by atoms with Crippen molar-refractivity contribution in [1.29, 1.82) is 0 Å². The molecule has 7 nitrogen and oxygen atoms in total. The summed E-state index contributed by atoms with van der Waals surface area (Å²) in [7, 11) is 0. The number of anilines is 1. The minimum Gasteiger partial charge on any atom is -0.492 e. The number of pyridine rings is 1. The van der Waals surface area contributed by atoms with Gasteiger partial charge in [0.15, 0.2) is 17.4 Å². The minimum absolute atomic E-state index is 0.0933. The average molecular weight is 491 g/mol. The normalized spacial score (nSPS) is 14.2. The number of aromatic nitrogens is 1. The van der Waals surface area contributed by atoms with Crippen LogP contribution < -0.4 is 16.0 Å². The van der Waals surface area contributed by atoms with Crippen molar-refractivity contribution >= 4 is 11.6 Å². The van der Waals surface area contributed by atoms with Gasteiger partial charge in [0, 0.05) is 43.9 Å². The largest absolute Gasteiger partial charge is 0.492 e. The highest BCUT2D eigenvalue weighted by atomic mass is 19.1. The Morgan fingerprint density at radius 3 is 2.26 bits per heavy atom. The van der Waals surface area contributed by atoms with Crippen molar-refractivity contribution in [3.05, 3.63) is 87.2 Å². The maximum atomic E-state index is 15.0. The second-order valence-electron chi connectivity index (χ2n) is 7.80. The summed E-state index contributed by atoms with van der Waals surface area (Å²) in [4.78, 5) is 27.3. The van der Waals surface area contributed by atoms with Crippen molar-refractivity contribution in [3.63, 3.8) is 0 Å². The van der Waals surface area contributed by atoms with Gasteiger partial charge in [-0.1, -0.05) is 0 Å². The molecule has 0 spiro atoms. The summed E-state index contributed by atoms with van der Waals surface area (Å²) in [5.74, 6) is -6.04. The van der Waals surface area contributed by atoms with E-state index in [2.05, 4.69) is 4.90 Å². The molecule has 0 atom stereocenters. The van der Waals surface area contributed by atoms with Crippen molar-refractivity contribution in [1.82, 2.24) is 9.47 Å². The van der Waals surface area contributed by atoms with Crippen LogP contribution in [-0.2, 0) is 4.74 Å². The van der Waals surface area contributed by atoms with Crippen LogP contribution in [0.1, 0.15) is 15.9 Å². The van der Waals surface area contributed by atoms with Gasteiger partial charge in [-0.2, -0.15) is 0 Å². The first-order valence-electron chi connectivity index (χ1n) is 10.7. The molecular formula is C24H21F4N3O4. The molecule has 1 aliphatic rings. The van der Waals surface area contributed by atoms with Gasteiger partial charge in [-0.25, -0.2) is 17.6 Å². The van der Waals surface area contributed by atoms with Crippen LogP contribution in [0.3, 0.4) is 0 Å². The Kier molecular flexibility index (Phi) is 7.17. The van der Waals surface area contributed by atoms with Crippen LogP contribution >= 0.6 is 0 Å². The zero-order chi connectivity index (χ0) is 25.1. The van der Waals surface area contributed by atoms with Crippen molar-refractivity contribution < 1.29 is 31.8 Å². The average Bonchev–Trinajstić information content (AvgIpc) is 2.81. The molecule has 2 heterocycles. The Morgan fingerprint density at radius 1 is 0.943 bits per heavy atom. The highest BCUT2D eigenvalue weighted by molar-refractivity contribution is 6.11. The highest BCUT2D eigenvalue weighted by Gasteiger charge is 2.23. The molecule has 11 heteroatoms. The standard InChI is InChI=1S/C24H21F4N3O4/c25-14-1-2-16(18(26)11-14)23(33)17-3-4-21(32)31(24(17)29)22-19(27)12-15(13-20(22)28)35-10-7-30-5-8-34-9-6-30/h1-4,11-13H,5-10,29H2. The highest BCUT2D eigenvalue weighted by Crippen LogP contribution is 2.27. The summed E-state index contributed by atoms with van der Waals surface area (Å²) in [6.07, 6.45) is 0. The summed E-state index contributed by atoms with van der Waals surface area (Å²) in [6, 6.07) is 5.98. The van der Waals surface area contributed by atoms with E-state index in [9.17, 15) is 27.2 Å². The molecule has 2 aromatic carbocycles. The van der Waals surface area contributed by atoms with E-state index in [0.717, 1.165) is 49.5 Å². The van der Waals surface area contributed by atoms with Crippen LogP contribution in [-0.4, -0.2) is 54.7 Å². The SMILES string of the molecule is Nc1c(C(=O)c2ccc(F)cc2F)ccc(=O)n1-c1c(F)cc(OCCN2CCOCC2)cc1F. The first-order valence-corrected chi connectivity index (χ1v) is 10.7. The van der Waals surface area contributed by atoms with E-state index >= 15 is 0 Å². The van der Waals surface area contributed by atoms with Crippen molar-refractivity contribution in [2.75, 3.05) is 45.2 Å². The summed E-state index contributed by atoms with van der Waals surface area (Å²) in [6.45, 7) is 3.36. The fourth-order valence-electron chi connectivity index (χ4n) is 3.75. The van der Waals surface area contributed by atoms with Gasteiger partial charge in [0.25, 0.3) is 5.56 Å². The lowest BCUT2D eigenvalue weighted by Crippen LogP contribution is -2.38. The molecule has 3 aromatic rings. The first kappa shape index (κ1) is 24.4. The van der Waals surface area contributed by atoms with Gasteiger partial charge in [0.1, 0.15) is 35.5 Å². The zero-order valence-electron chi connectivity index (χ0n) is 18.4. The maximum Gasteiger partial charge on any atom is 0.256 e. The summed E-state index contributed by atoms with van der Waals surface area (Å²) in [5, 5.41) is 0. The van der Waals surface area contributed by atoms with E-state index in [0.29, 0.717) is 30.4 Å². The summed E-state index contributed by atoms with van der Waals surface area (Å²) in [5.41, 5.74) is 3.29. The summed E-state index contributed by atoms with van der Waals surface area (Å²) >= 11 is 0. The molecule has 0 amide bonds.